The van der Waals surface area contributed by atoms with Gasteiger partial charge in [0, 0.05) is 23.1 Å². The molecule has 1 fully saturated rings. The largest absolute Gasteiger partial charge is 0.479 e. The normalized spacial score (nSPS) is 15.5. The van der Waals surface area contributed by atoms with Gasteiger partial charge in [-0.3, -0.25) is 14.4 Å². The Bertz CT molecular complexity index is 1580. The number of hydrogen-bond donors (Lipinski definition) is 3. The monoisotopic (exact) mass is 663 g/mol. The fourth-order valence-corrected chi connectivity index (χ4v) is 5.58. The van der Waals surface area contributed by atoms with Crippen LogP contribution in [0, 0.1) is 0 Å². The summed E-state index contributed by atoms with van der Waals surface area (Å²) in [4.78, 5) is 50.3. The molecule has 3 aromatic rings. The lowest BCUT2D eigenvalue weighted by Crippen LogP contribution is -2.36. The number of carboxylic acids is 1. The molecule has 0 aliphatic heterocycles. The molecule has 1 aliphatic rings. The number of amides is 1. The van der Waals surface area contributed by atoms with Gasteiger partial charge >= 0.3 is 18.3 Å². The van der Waals surface area contributed by atoms with Crippen molar-refractivity contribution in [3.05, 3.63) is 106 Å². The number of carbonyl (C=O) groups is 4. The molecule has 0 aromatic heterocycles. The molecular formula is C34H31F6NO6. The molecule has 7 nitrogen and oxygen atoms in total. The number of carbonyl (C=O) groups excluding carboxylic acids is 3. The molecule has 0 radical (unpaired) electrons. The first-order chi connectivity index (χ1) is 22.0. The van der Waals surface area contributed by atoms with Gasteiger partial charge in [-0.15, -0.1) is 0 Å². The van der Waals surface area contributed by atoms with Crippen molar-refractivity contribution in [2.75, 3.05) is 6.54 Å². The van der Waals surface area contributed by atoms with E-state index in [9.17, 15) is 50.6 Å². The minimum absolute atomic E-state index is 0.00120. The van der Waals surface area contributed by atoms with Crippen molar-refractivity contribution < 1.29 is 55.7 Å². The first-order valence-electron chi connectivity index (χ1n) is 14.8. The van der Waals surface area contributed by atoms with Gasteiger partial charge in [0.15, 0.2) is 17.7 Å². The molecule has 0 spiro atoms. The number of ketones is 2. The third kappa shape index (κ3) is 9.06. The van der Waals surface area contributed by atoms with E-state index in [1.807, 2.05) is 0 Å². The van der Waals surface area contributed by atoms with Gasteiger partial charge in [-0.05, 0) is 60.2 Å². The van der Waals surface area contributed by atoms with Crippen LogP contribution in [0.15, 0.2) is 66.7 Å². The lowest BCUT2D eigenvalue weighted by Gasteiger charge is -2.23. The van der Waals surface area contributed by atoms with Crippen molar-refractivity contribution in [3.63, 3.8) is 0 Å². The summed E-state index contributed by atoms with van der Waals surface area (Å²) in [5.74, 6) is -5.06. The average molecular weight is 664 g/mol. The predicted molar refractivity (Wildman–Crippen MR) is 157 cm³/mol. The summed E-state index contributed by atoms with van der Waals surface area (Å²) in [7, 11) is 0. The number of aliphatic carboxylic acids is 1. The molecule has 3 aromatic carbocycles. The summed E-state index contributed by atoms with van der Waals surface area (Å²) in [5.41, 5.74) is -2.80. The second-order valence-electron chi connectivity index (χ2n) is 11.5. The van der Waals surface area contributed by atoms with Gasteiger partial charge in [0.05, 0.1) is 23.6 Å². The van der Waals surface area contributed by atoms with Gasteiger partial charge in [-0.1, -0.05) is 55.7 Å². The Kier molecular flexibility index (Phi) is 10.9. The van der Waals surface area contributed by atoms with Crippen LogP contribution >= 0.6 is 0 Å². The molecule has 13 heteroatoms. The summed E-state index contributed by atoms with van der Waals surface area (Å²) < 4.78 is 80.9. The number of Topliss-reactive ketones (excluding diaryl/α,β-unsaturated/α-hetero) is 2. The maximum atomic E-state index is 13.8. The average Bonchev–Trinajstić information content (AvgIpc) is 3.05. The van der Waals surface area contributed by atoms with E-state index in [0.29, 0.717) is 23.6 Å². The van der Waals surface area contributed by atoms with Gasteiger partial charge < -0.3 is 15.5 Å². The minimum Gasteiger partial charge on any atom is -0.479 e. The second kappa shape index (κ2) is 14.5. The number of hydrogen-bond acceptors (Lipinski definition) is 5. The zero-order valence-corrected chi connectivity index (χ0v) is 24.8. The molecule has 1 saturated carbocycles. The molecule has 47 heavy (non-hydrogen) atoms. The number of alkyl halides is 6. The molecule has 0 heterocycles. The second-order valence-corrected chi connectivity index (χ2v) is 11.5. The molecule has 3 N–H and O–H groups in total. The van der Waals surface area contributed by atoms with Crippen LogP contribution < -0.4 is 5.32 Å². The van der Waals surface area contributed by atoms with Gasteiger partial charge in [0.1, 0.15) is 0 Å². The van der Waals surface area contributed by atoms with Crippen LogP contribution in [-0.4, -0.2) is 46.3 Å². The van der Waals surface area contributed by atoms with E-state index >= 15 is 0 Å². The predicted octanol–water partition coefficient (Wildman–Crippen LogP) is 7.19. The third-order valence-corrected chi connectivity index (χ3v) is 8.20. The van der Waals surface area contributed by atoms with Crippen LogP contribution in [0.25, 0.3) is 0 Å². The Labute approximate surface area is 265 Å². The van der Waals surface area contributed by atoms with Crippen molar-refractivity contribution in [1.82, 2.24) is 5.32 Å². The number of nitrogens with one attached hydrogen (secondary N) is 1. The van der Waals surface area contributed by atoms with Gasteiger partial charge in [-0.25, -0.2) is 4.79 Å². The number of rotatable bonds is 11. The Hall–Kier alpha value is -4.52. The third-order valence-electron chi connectivity index (χ3n) is 8.20. The number of benzene rings is 3. The molecule has 4 rings (SSSR count). The number of aliphatic hydroxyl groups excluding tert-OH is 1. The molecule has 1 amide bonds. The summed E-state index contributed by atoms with van der Waals surface area (Å²) >= 11 is 0. The summed E-state index contributed by atoms with van der Waals surface area (Å²) in [6, 6.07) is 12.4. The van der Waals surface area contributed by atoms with E-state index in [-0.39, 0.29) is 17.2 Å². The van der Waals surface area contributed by atoms with Crippen molar-refractivity contribution in [2.24, 2.45) is 0 Å². The lowest BCUT2D eigenvalue weighted by molar-refractivity contribution is -0.146. The van der Waals surface area contributed by atoms with Gasteiger partial charge in [-0.2, -0.15) is 26.3 Å². The smallest absolute Gasteiger partial charge is 0.416 e. The Morgan fingerprint density at radius 2 is 1.28 bits per heavy atom. The van der Waals surface area contributed by atoms with E-state index in [1.165, 1.54) is 24.3 Å². The molecule has 1 aliphatic carbocycles. The summed E-state index contributed by atoms with van der Waals surface area (Å²) in [6.45, 7) is -0.582. The van der Waals surface area contributed by atoms with Crippen LogP contribution in [0.4, 0.5) is 26.3 Å². The number of aliphatic hydroxyl groups is 1. The molecule has 2 atom stereocenters. The Morgan fingerprint density at radius 1 is 0.745 bits per heavy atom. The van der Waals surface area contributed by atoms with E-state index in [1.54, 1.807) is 24.3 Å². The fraction of sp³-hybridized carbons (Fsp3) is 0.353. The van der Waals surface area contributed by atoms with Crippen molar-refractivity contribution in [3.8, 4) is 0 Å². The van der Waals surface area contributed by atoms with Crippen LogP contribution in [0.1, 0.15) is 104 Å². The first kappa shape index (κ1) is 35.3. The van der Waals surface area contributed by atoms with Crippen molar-refractivity contribution in [2.45, 2.75) is 68.8 Å². The number of halogens is 6. The van der Waals surface area contributed by atoms with E-state index in [0.717, 1.165) is 37.7 Å². The maximum absolute atomic E-state index is 13.8. The van der Waals surface area contributed by atoms with Crippen LogP contribution in [0.2, 0.25) is 0 Å². The summed E-state index contributed by atoms with van der Waals surface area (Å²) in [5, 5.41) is 20.4. The molecular weight excluding hydrogens is 632 g/mol. The van der Waals surface area contributed by atoms with Crippen molar-refractivity contribution in [1.29, 1.82) is 0 Å². The SMILES string of the molecule is O=C(CC(C(=O)c1ccc(C(=O)NC[C@@H](O)C(=O)O)cc1)c1ccc(C2CCCCC2)cc1)c1cc(C(F)(F)F)cc(C(F)(F)F)c1. The fourth-order valence-electron chi connectivity index (χ4n) is 5.58. The lowest BCUT2D eigenvalue weighted by atomic mass is 9.81. The van der Waals surface area contributed by atoms with E-state index in [2.05, 4.69) is 5.32 Å². The van der Waals surface area contributed by atoms with Crippen LogP contribution in [-0.2, 0) is 17.1 Å². The van der Waals surface area contributed by atoms with E-state index < -0.39 is 77.5 Å². The van der Waals surface area contributed by atoms with Gasteiger partial charge in [0.25, 0.3) is 5.91 Å². The minimum atomic E-state index is -5.17. The molecule has 0 saturated heterocycles. The quantitative estimate of drug-likeness (QED) is 0.148. The molecule has 250 valence electrons. The zero-order chi connectivity index (χ0) is 34.5. The topological polar surface area (TPSA) is 121 Å². The van der Waals surface area contributed by atoms with Crippen LogP contribution in [0.3, 0.4) is 0 Å². The summed E-state index contributed by atoms with van der Waals surface area (Å²) in [6.07, 6.45) is -7.70. The highest BCUT2D eigenvalue weighted by atomic mass is 19.4. The van der Waals surface area contributed by atoms with Crippen molar-refractivity contribution >= 4 is 23.4 Å². The maximum Gasteiger partial charge on any atom is 0.416 e. The Balaban J connectivity index is 1.65. The number of carboxylic acid groups (broad SMARTS) is 1. The van der Waals surface area contributed by atoms with Gasteiger partial charge in [0.2, 0.25) is 0 Å². The molecule has 1 unspecified atom stereocenters. The standard InChI is InChI=1S/C34H31F6NO6/c35-33(36,37)25-14-24(15-26(16-25)34(38,39)40)28(42)17-27(21-8-6-20(7-9-21)19-4-2-1-3-5-19)30(44)22-10-12-23(13-11-22)31(45)41-18-29(43)32(46)47/h6-16,19,27,29,43H,1-5,17-18H2,(H,41,45)(H,46,47)/t27?,29-/m1/s1. The van der Waals surface area contributed by atoms with Crippen LogP contribution in [0.5, 0.6) is 0 Å². The molecule has 0 bridgehead atoms. The highest BCUT2D eigenvalue weighted by molar-refractivity contribution is 6.06. The zero-order valence-electron chi connectivity index (χ0n) is 24.8. The highest BCUT2D eigenvalue weighted by Gasteiger charge is 2.38. The van der Waals surface area contributed by atoms with E-state index in [4.69, 9.17) is 5.11 Å². The first-order valence-corrected chi connectivity index (χ1v) is 14.8. The highest BCUT2D eigenvalue weighted by Crippen LogP contribution is 2.38. The Morgan fingerprint density at radius 3 is 1.79 bits per heavy atom.